The lowest BCUT2D eigenvalue weighted by molar-refractivity contribution is -0.144. The van der Waals surface area contributed by atoms with Crippen LogP contribution in [0.5, 0.6) is 0 Å². The molecule has 5 nitrogen and oxygen atoms in total. The summed E-state index contributed by atoms with van der Waals surface area (Å²) >= 11 is 1.13. The van der Waals surface area contributed by atoms with Crippen molar-refractivity contribution in [3.8, 4) is 0 Å². The van der Waals surface area contributed by atoms with Gasteiger partial charge in [-0.15, -0.1) is 11.3 Å². The highest BCUT2D eigenvalue weighted by atomic mass is 32.2. The van der Waals surface area contributed by atoms with Crippen molar-refractivity contribution >= 4 is 27.3 Å². The Bertz CT molecular complexity index is 767. The maximum Gasteiger partial charge on any atom is 0.307 e. The molecule has 1 N–H and O–H groups in total. The van der Waals surface area contributed by atoms with Crippen molar-refractivity contribution in [1.29, 1.82) is 0 Å². The number of aryl methyl sites for hydroxylation is 2. The second kappa shape index (κ2) is 7.72. The first-order valence-electron chi connectivity index (χ1n) is 7.13. The van der Waals surface area contributed by atoms with Gasteiger partial charge in [-0.3, -0.25) is 4.79 Å². The van der Waals surface area contributed by atoms with Gasteiger partial charge in [-0.05, 0) is 36.4 Å². The third-order valence-electron chi connectivity index (χ3n) is 3.27. The zero-order valence-corrected chi connectivity index (χ0v) is 14.7. The fourth-order valence-corrected chi connectivity index (χ4v) is 4.03. The Morgan fingerprint density at radius 3 is 2.74 bits per heavy atom. The molecule has 0 aliphatic rings. The first-order valence-corrected chi connectivity index (χ1v) is 9.50. The highest BCUT2D eigenvalue weighted by Crippen LogP contribution is 2.15. The Morgan fingerprint density at radius 2 is 2.04 bits per heavy atom. The Morgan fingerprint density at radius 1 is 1.26 bits per heavy atom. The van der Waals surface area contributed by atoms with Crippen molar-refractivity contribution in [2.75, 3.05) is 6.54 Å². The summed E-state index contributed by atoms with van der Waals surface area (Å²) in [5.41, 5.74) is 3.12. The van der Waals surface area contributed by atoms with Gasteiger partial charge in [0.15, 0.2) is 0 Å². The monoisotopic (exact) mass is 353 g/mol. The molecule has 0 amide bonds. The second-order valence-corrected chi connectivity index (χ2v) is 8.11. The smallest absolute Gasteiger partial charge is 0.307 e. The van der Waals surface area contributed by atoms with Crippen LogP contribution < -0.4 is 4.72 Å². The van der Waals surface area contributed by atoms with Gasteiger partial charge in [0.05, 0.1) is 6.42 Å². The van der Waals surface area contributed by atoms with E-state index >= 15 is 0 Å². The SMILES string of the molecule is Cc1ccc(C)c(COC(=O)CCNS(=O)(=O)c2cccs2)c1. The van der Waals surface area contributed by atoms with Crippen molar-refractivity contribution in [3.05, 3.63) is 52.4 Å². The van der Waals surface area contributed by atoms with Gasteiger partial charge in [0.1, 0.15) is 10.8 Å². The highest BCUT2D eigenvalue weighted by molar-refractivity contribution is 7.91. The molecule has 7 heteroatoms. The van der Waals surface area contributed by atoms with Crippen LogP contribution in [-0.4, -0.2) is 20.9 Å². The number of hydrogen-bond acceptors (Lipinski definition) is 5. The van der Waals surface area contributed by atoms with Crippen molar-refractivity contribution in [2.24, 2.45) is 0 Å². The number of thiophene rings is 1. The summed E-state index contributed by atoms with van der Waals surface area (Å²) in [6.07, 6.45) is -0.00450. The van der Waals surface area contributed by atoms with E-state index in [1.807, 2.05) is 32.0 Å². The molecule has 0 aliphatic carbocycles. The van der Waals surface area contributed by atoms with Crippen LogP contribution in [0.4, 0.5) is 0 Å². The van der Waals surface area contributed by atoms with Crippen LogP contribution in [0.3, 0.4) is 0 Å². The molecule has 0 radical (unpaired) electrons. The number of benzene rings is 1. The van der Waals surface area contributed by atoms with Gasteiger partial charge in [0.2, 0.25) is 10.0 Å². The van der Waals surface area contributed by atoms with Crippen LogP contribution in [0.2, 0.25) is 0 Å². The average molecular weight is 353 g/mol. The number of nitrogens with one attached hydrogen (secondary N) is 1. The molecular weight excluding hydrogens is 334 g/mol. The lowest BCUT2D eigenvalue weighted by atomic mass is 10.1. The summed E-state index contributed by atoms with van der Waals surface area (Å²) < 4.78 is 31.6. The first kappa shape index (κ1) is 17.7. The topological polar surface area (TPSA) is 72.5 Å². The average Bonchev–Trinajstić information content (AvgIpc) is 3.03. The summed E-state index contributed by atoms with van der Waals surface area (Å²) in [5, 5.41) is 1.69. The minimum absolute atomic E-state index is 0.00450. The van der Waals surface area contributed by atoms with Crippen LogP contribution in [0, 0.1) is 13.8 Å². The lowest BCUT2D eigenvalue weighted by Gasteiger charge is -2.09. The van der Waals surface area contributed by atoms with Gasteiger partial charge < -0.3 is 4.74 Å². The molecule has 124 valence electrons. The van der Waals surface area contributed by atoms with E-state index in [2.05, 4.69) is 4.72 Å². The summed E-state index contributed by atoms with van der Waals surface area (Å²) in [5.74, 6) is -0.431. The van der Waals surface area contributed by atoms with Crippen molar-refractivity contribution < 1.29 is 17.9 Å². The van der Waals surface area contributed by atoms with E-state index in [1.54, 1.807) is 11.4 Å². The molecule has 0 spiro atoms. The maximum absolute atomic E-state index is 11.9. The fourth-order valence-electron chi connectivity index (χ4n) is 1.96. The van der Waals surface area contributed by atoms with E-state index in [-0.39, 0.29) is 23.8 Å². The Labute approximate surface area is 140 Å². The number of ether oxygens (including phenoxy) is 1. The third kappa shape index (κ3) is 5.16. The number of rotatable bonds is 7. The van der Waals surface area contributed by atoms with Crippen LogP contribution in [0.15, 0.2) is 39.9 Å². The zero-order chi connectivity index (χ0) is 16.9. The quantitative estimate of drug-likeness (QED) is 0.777. The van der Waals surface area contributed by atoms with E-state index in [1.165, 1.54) is 6.07 Å². The summed E-state index contributed by atoms with van der Waals surface area (Å²) in [4.78, 5) is 11.7. The van der Waals surface area contributed by atoms with Crippen LogP contribution in [-0.2, 0) is 26.2 Å². The zero-order valence-electron chi connectivity index (χ0n) is 13.0. The molecule has 23 heavy (non-hydrogen) atoms. The molecule has 1 heterocycles. The fraction of sp³-hybridized carbons (Fsp3) is 0.312. The molecule has 2 aromatic rings. The second-order valence-electron chi connectivity index (χ2n) is 5.17. The molecule has 1 aromatic heterocycles. The molecule has 0 saturated carbocycles. The highest BCUT2D eigenvalue weighted by Gasteiger charge is 2.15. The van der Waals surface area contributed by atoms with E-state index in [4.69, 9.17) is 4.74 Å². The van der Waals surface area contributed by atoms with Gasteiger partial charge in [-0.25, -0.2) is 13.1 Å². The lowest BCUT2D eigenvalue weighted by Crippen LogP contribution is -2.26. The van der Waals surface area contributed by atoms with Gasteiger partial charge in [0.25, 0.3) is 0 Å². The normalized spacial score (nSPS) is 11.4. The molecule has 0 bridgehead atoms. The van der Waals surface area contributed by atoms with Gasteiger partial charge in [-0.2, -0.15) is 0 Å². The Kier molecular flexibility index (Phi) is 5.92. The van der Waals surface area contributed by atoms with Crippen molar-refractivity contribution in [3.63, 3.8) is 0 Å². The van der Waals surface area contributed by atoms with Gasteiger partial charge >= 0.3 is 5.97 Å². The summed E-state index contributed by atoms with van der Waals surface area (Å²) in [6, 6.07) is 9.14. The predicted molar refractivity (Wildman–Crippen MR) is 89.8 cm³/mol. The minimum atomic E-state index is -3.53. The van der Waals surface area contributed by atoms with E-state index in [0.29, 0.717) is 0 Å². The number of sulfonamides is 1. The Hall–Kier alpha value is -1.70. The Balaban J connectivity index is 1.78. The van der Waals surface area contributed by atoms with Crippen molar-refractivity contribution in [2.45, 2.75) is 31.1 Å². The molecule has 0 saturated heterocycles. The van der Waals surface area contributed by atoms with Crippen LogP contribution in [0.25, 0.3) is 0 Å². The summed E-state index contributed by atoms with van der Waals surface area (Å²) in [6.45, 7) is 4.15. The maximum atomic E-state index is 11.9. The van der Waals surface area contributed by atoms with Crippen LogP contribution >= 0.6 is 11.3 Å². The number of esters is 1. The van der Waals surface area contributed by atoms with E-state index in [0.717, 1.165) is 28.0 Å². The number of hydrogen-bond donors (Lipinski definition) is 1. The molecule has 0 atom stereocenters. The predicted octanol–water partition coefficient (Wildman–Crippen LogP) is 2.78. The van der Waals surface area contributed by atoms with Gasteiger partial charge in [0, 0.05) is 6.54 Å². The molecule has 0 unspecified atom stereocenters. The number of carbonyl (C=O) groups is 1. The molecular formula is C16H19NO4S2. The van der Waals surface area contributed by atoms with Crippen LogP contribution in [0.1, 0.15) is 23.1 Å². The first-order chi connectivity index (χ1) is 10.9. The molecule has 1 aromatic carbocycles. The minimum Gasteiger partial charge on any atom is -0.461 e. The van der Waals surface area contributed by atoms with Crippen molar-refractivity contribution in [1.82, 2.24) is 4.72 Å². The van der Waals surface area contributed by atoms with E-state index < -0.39 is 16.0 Å². The standard InChI is InChI=1S/C16H19NO4S2/c1-12-5-6-13(2)14(10-12)11-21-15(18)7-8-17-23(19,20)16-4-3-9-22-16/h3-6,9-10,17H,7-8,11H2,1-2H3. The molecule has 0 aliphatic heterocycles. The number of carbonyl (C=O) groups excluding carboxylic acids is 1. The third-order valence-corrected chi connectivity index (χ3v) is 6.13. The molecule has 2 rings (SSSR count). The molecule has 0 fully saturated rings. The van der Waals surface area contributed by atoms with E-state index in [9.17, 15) is 13.2 Å². The summed E-state index contributed by atoms with van der Waals surface area (Å²) in [7, 11) is -3.53. The largest absolute Gasteiger partial charge is 0.461 e. The van der Waals surface area contributed by atoms with Gasteiger partial charge in [-0.1, -0.05) is 29.8 Å².